The molecule has 0 spiro atoms. The van der Waals surface area contributed by atoms with Gasteiger partial charge in [0.1, 0.15) is 5.75 Å². The predicted octanol–water partition coefficient (Wildman–Crippen LogP) is 4.53. The summed E-state index contributed by atoms with van der Waals surface area (Å²) >= 11 is 0. The Kier molecular flexibility index (Phi) is 5.04. The van der Waals surface area contributed by atoms with Gasteiger partial charge in [-0.25, -0.2) is 0 Å². The molecule has 19 heavy (non-hydrogen) atoms. The van der Waals surface area contributed by atoms with Gasteiger partial charge in [-0.05, 0) is 64.8 Å². The second kappa shape index (κ2) is 6.14. The maximum atomic E-state index is 5.59. The molecule has 0 atom stereocenters. The van der Waals surface area contributed by atoms with E-state index in [0.717, 1.165) is 18.0 Å². The van der Waals surface area contributed by atoms with Crippen molar-refractivity contribution in [2.75, 3.05) is 6.61 Å². The lowest BCUT2D eigenvalue weighted by Crippen LogP contribution is -2.39. The van der Waals surface area contributed by atoms with Gasteiger partial charge < -0.3 is 9.64 Å². The summed E-state index contributed by atoms with van der Waals surface area (Å²) < 4.78 is 5.59. The van der Waals surface area contributed by atoms with Crippen LogP contribution in [0, 0.1) is 6.92 Å². The molecule has 1 aromatic carbocycles. The van der Waals surface area contributed by atoms with Gasteiger partial charge in [0.2, 0.25) is 0 Å². The summed E-state index contributed by atoms with van der Waals surface area (Å²) in [4.78, 5) is 2.32. The lowest BCUT2D eigenvalue weighted by molar-refractivity contribution is 0.177. The van der Waals surface area contributed by atoms with Gasteiger partial charge in [-0.2, -0.15) is 0 Å². The molecule has 0 heterocycles. The zero-order valence-corrected chi connectivity index (χ0v) is 13.2. The van der Waals surface area contributed by atoms with Crippen molar-refractivity contribution in [2.45, 2.75) is 53.6 Å². The Morgan fingerprint density at radius 2 is 1.95 bits per heavy atom. The second-order valence-corrected chi connectivity index (χ2v) is 6.01. The molecule has 0 bridgehead atoms. The average Bonchev–Trinajstić information content (AvgIpc) is 2.28. The number of hydrogen-bond acceptors (Lipinski definition) is 2. The highest BCUT2D eigenvalue weighted by molar-refractivity contribution is 5.35. The largest absolute Gasteiger partial charge is 0.494 e. The highest BCUT2D eigenvalue weighted by Gasteiger charge is 2.21. The highest BCUT2D eigenvalue weighted by Crippen LogP contribution is 2.25. The smallest absolute Gasteiger partial charge is 0.119 e. The van der Waals surface area contributed by atoms with E-state index in [2.05, 4.69) is 58.2 Å². The molecule has 1 rings (SSSR count). The zero-order chi connectivity index (χ0) is 14.6. The lowest BCUT2D eigenvalue weighted by Gasteiger charge is -2.38. The third-order valence-corrected chi connectivity index (χ3v) is 3.23. The van der Waals surface area contributed by atoms with Gasteiger partial charge in [0.15, 0.2) is 0 Å². The summed E-state index contributed by atoms with van der Waals surface area (Å²) in [5.74, 6) is 0.943. The summed E-state index contributed by atoms with van der Waals surface area (Å²) in [5.41, 5.74) is 3.75. The summed E-state index contributed by atoms with van der Waals surface area (Å²) in [6, 6.07) is 6.30. The first-order chi connectivity index (χ1) is 8.75. The normalized spacial score (nSPS) is 11.3. The monoisotopic (exact) mass is 261 g/mol. The molecule has 1 aromatic rings. The second-order valence-electron chi connectivity index (χ2n) is 6.01. The van der Waals surface area contributed by atoms with Crippen molar-refractivity contribution < 1.29 is 4.74 Å². The van der Waals surface area contributed by atoms with Crippen molar-refractivity contribution in [3.8, 4) is 5.75 Å². The van der Waals surface area contributed by atoms with E-state index in [9.17, 15) is 0 Å². The van der Waals surface area contributed by atoms with Crippen LogP contribution in [-0.2, 0) is 6.54 Å². The van der Waals surface area contributed by atoms with Crippen LogP contribution in [0.4, 0.5) is 0 Å². The Hall–Kier alpha value is -1.44. The summed E-state index contributed by atoms with van der Waals surface area (Å²) in [6.07, 6.45) is 0. The third kappa shape index (κ3) is 4.30. The molecule has 0 aliphatic heterocycles. The van der Waals surface area contributed by atoms with Gasteiger partial charge in [-0.1, -0.05) is 12.6 Å². The Morgan fingerprint density at radius 3 is 2.42 bits per heavy atom. The lowest BCUT2D eigenvalue weighted by atomic mass is 10.0. The first kappa shape index (κ1) is 15.6. The predicted molar refractivity (Wildman–Crippen MR) is 82.5 cm³/mol. The van der Waals surface area contributed by atoms with Gasteiger partial charge in [-0.15, -0.1) is 0 Å². The fourth-order valence-corrected chi connectivity index (χ4v) is 2.19. The minimum absolute atomic E-state index is 0.0693. The van der Waals surface area contributed by atoms with E-state index in [1.807, 2.05) is 13.0 Å². The molecular weight excluding hydrogens is 234 g/mol. The Bertz CT molecular complexity index is 443. The maximum Gasteiger partial charge on any atom is 0.119 e. The number of benzene rings is 1. The highest BCUT2D eigenvalue weighted by atomic mass is 16.5. The molecule has 0 aromatic heterocycles. The van der Waals surface area contributed by atoms with E-state index in [-0.39, 0.29) is 5.54 Å². The van der Waals surface area contributed by atoms with E-state index in [0.29, 0.717) is 6.61 Å². The number of nitrogens with zero attached hydrogens (tertiary/aromatic N) is 1. The number of allylic oxidation sites excluding steroid dienone is 1. The molecule has 0 amide bonds. The molecular formula is C17H27NO. The van der Waals surface area contributed by atoms with E-state index >= 15 is 0 Å². The van der Waals surface area contributed by atoms with Crippen LogP contribution >= 0.6 is 0 Å². The van der Waals surface area contributed by atoms with Crippen LogP contribution in [0.15, 0.2) is 30.5 Å². The fourth-order valence-electron chi connectivity index (χ4n) is 2.19. The minimum atomic E-state index is 0.0693. The van der Waals surface area contributed by atoms with Crippen LogP contribution in [0.3, 0.4) is 0 Å². The minimum Gasteiger partial charge on any atom is -0.494 e. The van der Waals surface area contributed by atoms with Crippen LogP contribution < -0.4 is 4.74 Å². The number of rotatable bonds is 5. The molecule has 0 radical (unpaired) electrons. The Morgan fingerprint density at radius 1 is 1.32 bits per heavy atom. The molecule has 0 fully saturated rings. The topological polar surface area (TPSA) is 12.5 Å². The molecule has 2 nitrogen and oxygen atoms in total. The number of hydrogen-bond donors (Lipinski definition) is 0. The van der Waals surface area contributed by atoms with Crippen LogP contribution in [0.1, 0.15) is 45.7 Å². The van der Waals surface area contributed by atoms with Gasteiger partial charge in [0.05, 0.1) is 6.61 Å². The standard InChI is InChI=1S/C17H27NO/c1-8-19-16-10-9-14(4)15(11-16)12-18(13(2)3)17(5,6)7/h9-11H,2,8,12H2,1,3-7H3. The van der Waals surface area contributed by atoms with Gasteiger partial charge in [-0.3, -0.25) is 0 Å². The maximum absolute atomic E-state index is 5.59. The SMILES string of the molecule is C=C(C)N(Cc1cc(OCC)ccc1C)C(C)(C)C. The van der Waals surface area contributed by atoms with Crippen molar-refractivity contribution in [3.63, 3.8) is 0 Å². The van der Waals surface area contributed by atoms with Crippen LogP contribution in [0.25, 0.3) is 0 Å². The average molecular weight is 261 g/mol. The number of aryl methyl sites for hydroxylation is 1. The molecule has 0 saturated carbocycles. The first-order valence-electron chi connectivity index (χ1n) is 6.91. The Labute approximate surface area is 118 Å². The molecule has 106 valence electrons. The zero-order valence-electron chi connectivity index (χ0n) is 13.2. The third-order valence-electron chi connectivity index (χ3n) is 3.23. The molecule has 0 aliphatic rings. The van der Waals surface area contributed by atoms with Gasteiger partial charge in [0, 0.05) is 17.8 Å². The molecule has 0 unspecified atom stereocenters. The summed E-state index contributed by atoms with van der Waals surface area (Å²) in [7, 11) is 0. The van der Waals surface area contributed by atoms with Crippen molar-refractivity contribution in [2.24, 2.45) is 0 Å². The molecule has 2 heteroatoms. The first-order valence-corrected chi connectivity index (χ1v) is 6.91. The summed E-state index contributed by atoms with van der Waals surface area (Å²) in [5, 5.41) is 0. The summed E-state index contributed by atoms with van der Waals surface area (Å²) in [6.45, 7) is 18.5. The van der Waals surface area contributed by atoms with E-state index in [1.54, 1.807) is 0 Å². The fraction of sp³-hybridized carbons (Fsp3) is 0.529. The van der Waals surface area contributed by atoms with E-state index in [4.69, 9.17) is 4.74 Å². The van der Waals surface area contributed by atoms with Crippen molar-refractivity contribution in [1.82, 2.24) is 4.90 Å². The van der Waals surface area contributed by atoms with E-state index < -0.39 is 0 Å². The van der Waals surface area contributed by atoms with Gasteiger partial charge >= 0.3 is 0 Å². The molecule has 0 aliphatic carbocycles. The quantitative estimate of drug-likeness (QED) is 0.772. The van der Waals surface area contributed by atoms with Crippen LogP contribution in [-0.4, -0.2) is 17.0 Å². The molecule has 0 saturated heterocycles. The number of ether oxygens (including phenoxy) is 1. The van der Waals surface area contributed by atoms with Crippen molar-refractivity contribution >= 4 is 0 Å². The molecule has 0 N–H and O–H groups in total. The van der Waals surface area contributed by atoms with Crippen molar-refractivity contribution in [3.05, 3.63) is 41.6 Å². The Balaban J connectivity index is 3.02. The van der Waals surface area contributed by atoms with Gasteiger partial charge in [0.25, 0.3) is 0 Å². The van der Waals surface area contributed by atoms with Crippen LogP contribution in [0.5, 0.6) is 5.75 Å². The van der Waals surface area contributed by atoms with Crippen molar-refractivity contribution in [1.29, 1.82) is 0 Å². The van der Waals surface area contributed by atoms with Crippen LogP contribution in [0.2, 0.25) is 0 Å². The van der Waals surface area contributed by atoms with E-state index in [1.165, 1.54) is 11.1 Å².